The van der Waals surface area contributed by atoms with Gasteiger partial charge in [-0.15, -0.1) is 0 Å². The first-order valence-corrected chi connectivity index (χ1v) is 10.4. The maximum absolute atomic E-state index is 6.47. The Kier molecular flexibility index (Phi) is 5.11. The van der Waals surface area contributed by atoms with Crippen molar-refractivity contribution >= 4 is 16.6 Å². The molecule has 3 heterocycles. The highest BCUT2D eigenvalue weighted by Gasteiger charge is 2.22. The van der Waals surface area contributed by atoms with Crippen molar-refractivity contribution in [3.8, 4) is 17.0 Å². The average Bonchev–Trinajstić information content (AvgIpc) is 3.28. The molecule has 0 aliphatic carbocycles. The summed E-state index contributed by atoms with van der Waals surface area (Å²) in [5.41, 5.74) is 7.85. The number of nitrogen functional groups attached to an aromatic ring is 1. The number of anilines is 1. The normalized spacial score (nSPS) is 15.5. The first-order valence-electron chi connectivity index (χ1n) is 10.4. The summed E-state index contributed by atoms with van der Waals surface area (Å²) in [6.07, 6.45) is 3.97. The largest absolute Gasteiger partial charge is 0.490 e. The number of hydrogen-bond acceptors (Lipinski definition) is 5. The van der Waals surface area contributed by atoms with Gasteiger partial charge in [0, 0.05) is 24.0 Å². The molecule has 0 bridgehead atoms. The van der Waals surface area contributed by atoms with E-state index in [1.807, 2.05) is 24.3 Å². The van der Waals surface area contributed by atoms with Crippen molar-refractivity contribution in [2.45, 2.75) is 25.5 Å². The van der Waals surface area contributed by atoms with Crippen molar-refractivity contribution in [2.24, 2.45) is 0 Å². The van der Waals surface area contributed by atoms with E-state index in [-0.39, 0.29) is 6.10 Å². The summed E-state index contributed by atoms with van der Waals surface area (Å²) in [6.45, 7) is 2.88. The van der Waals surface area contributed by atoms with E-state index in [4.69, 9.17) is 14.9 Å². The third-order valence-electron chi connectivity index (χ3n) is 5.72. The Labute approximate surface area is 176 Å². The summed E-state index contributed by atoms with van der Waals surface area (Å²) in [7, 11) is 0. The lowest BCUT2D eigenvalue weighted by atomic mass is 10.0. The fraction of sp³-hybridized carbons (Fsp3) is 0.240. The molecule has 0 amide bonds. The van der Waals surface area contributed by atoms with Gasteiger partial charge in [0.05, 0.1) is 18.5 Å². The first kappa shape index (κ1) is 18.7. The molecule has 1 aliphatic heterocycles. The number of nitrogens with zero attached hydrogens (tertiary/aromatic N) is 2. The van der Waals surface area contributed by atoms with E-state index >= 15 is 0 Å². The van der Waals surface area contributed by atoms with Crippen molar-refractivity contribution in [2.75, 3.05) is 18.8 Å². The van der Waals surface area contributed by atoms with Crippen LogP contribution in [0.25, 0.3) is 22.0 Å². The molecule has 0 radical (unpaired) electrons. The average molecular weight is 399 g/mol. The van der Waals surface area contributed by atoms with Gasteiger partial charge in [0.15, 0.2) is 0 Å². The van der Waals surface area contributed by atoms with Crippen molar-refractivity contribution < 1.29 is 9.15 Å². The maximum atomic E-state index is 6.47. The summed E-state index contributed by atoms with van der Waals surface area (Å²) < 4.78 is 11.9. The van der Waals surface area contributed by atoms with Crippen LogP contribution in [0.1, 0.15) is 18.6 Å². The van der Waals surface area contributed by atoms with E-state index in [0.717, 1.165) is 66.0 Å². The van der Waals surface area contributed by atoms with Crippen LogP contribution in [0.15, 0.2) is 77.4 Å². The maximum Gasteiger partial charge on any atom is 0.127 e. The monoisotopic (exact) mass is 399 g/mol. The molecule has 2 N–H and O–H groups in total. The number of rotatable bonds is 5. The Morgan fingerprint density at radius 3 is 2.53 bits per heavy atom. The summed E-state index contributed by atoms with van der Waals surface area (Å²) >= 11 is 0. The van der Waals surface area contributed by atoms with Gasteiger partial charge in [-0.05, 0) is 54.6 Å². The number of likely N-dealkylation sites (tertiary alicyclic amines) is 1. The predicted molar refractivity (Wildman–Crippen MR) is 119 cm³/mol. The molecular weight excluding hydrogens is 374 g/mol. The number of benzene rings is 2. The van der Waals surface area contributed by atoms with Gasteiger partial charge >= 0.3 is 0 Å². The van der Waals surface area contributed by atoms with E-state index in [9.17, 15) is 0 Å². The fourth-order valence-electron chi connectivity index (χ4n) is 4.19. The Hall–Kier alpha value is -3.31. The van der Waals surface area contributed by atoms with E-state index in [0.29, 0.717) is 5.82 Å². The third kappa shape index (κ3) is 3.89. The molecule has 1 saturated heterocycles. The smallest absolute Gasteiger partial charge is 0.127 e. The van der Waals surface area contributed by atoms with Crippen LogP contribution in [0.3, 0.4) is 0 Å². The van der Waals surface area contributed by atoms with E-state index < -0.39 is 0 Å². The number of piperidine rings is 1. The summed E-state index contributed by atoms with van der Waals surface area (Å²) in [5, 5.41) is 2.24. The second-order valence-electron chi connectivity index (χ2n) is 7.78. The van der Waals surface area contributed by atoms with Crippen LogP contribution in [-0.2, 0) is 6.54 Å². The molecule has 0 unspecified atom stereocenters. The molecular formula is C25H25N3O2. The van der Waals surface area contributed by atoms with Crippen molar-refractivity contribution in [3.63, 3.8) is 0 Å². The number of pyridine rings is 1. The lowest BCUT2D eigenvalue weighted by Crippen LogP contribution is -2.37. The van der Waals surface area contributed by atoms with Crippen LogP contribution in [0.4, 0.5) is 5.82 Å². The third-order valence-corrected chi connectivity index (χ3v) is 5.72. The van der Waals surface area contributed by atoms with Gasteiger partial charge in [0.2, 0.25) is 0 Å². The standard InChI is InChI=1S/C25H25N3O2/c26-25-9-3-8-23(27-25)21-10-11-24(22-7-2-1-6-20(21)22)30-18-12-14-28(15-13-18)17-19-5-4-16-29-19/h1-11,16,18H,12-15,17H2,(H2,26,27). The van der Waals surface area contributed by atoms with E-state index in [2.05, 4.69) is 46.3 Å². The molecule has 0 spiro atoms. The highest BCUT2D eigenvalue weighted by molar-refractivity contribution is 5.99. The molecule has 5 heteroatoms. The molecule has 0 atom stereocenters. The molecule has 1 aliphatic rings. The highest BCUT2D eigenvalue weighted by atomic mass is 16.5. The highest BCUT2D eigenvalue weighted by Crippen LogP contribution is 2.35. The Morgan fingerprint density at radius 2 is 1.77 bits per heavy atom. The quantitative estimate of drug-likeness (QED) is 0.505. The Morgan fingerprint density at radius 1 is 0.933 bits per heavy atom. The van der Waals surface area contributed by atoms with Gasteiger partial charge < -0.3 is 14.9 Å². The van der Waals surface area contributed by atoms with Crippen LogP contribution < -0.4 is 10.5 Å². The van der Waals surface area contributed by atoms with Crippen molar-refractivity contribution in [1.82, 2.24) is 9.88 Å². The zero-order valence-electron chi connectivity index (χ0n) is 16.8. The lowest BCUT2D eigenvalue weighted by molar-refractivity contribution is 0.0940. The molecule has 30 heavy (non-hydrogen) atoms. The van der Waals surface area contributed by atoms with Crippen molar-refractivity contribution in [3.05, 3.63) is 78.8 Å². The molecule has 5 rings (SSSR count). The number of furan rings is 1. The number of hydrogen-bond donors (Lipinski definition) is 1. The molecule has 0 saturated carbocycles. The second-order valence-corrected chi connectivity index (χ2v) is 7.78. The van der Waals surface area contributed by atoms with Gasteiger partial charge in [-0.2, -0.15) is 0 Å². The molecule has 4 aromatic rings. The number of nitrogens with two attached hydrogens (primary N) is 1. The van der Waals surface area contributed by atoms with Crippen LogP contribution in [0.2, 0.25) is 0 Å². The molecule has 2 aromatic carbocycles. The first-order chi connectivity index (χ1) is 14.8. The molecule has 152 valence electrons. The van der Waals surface area contributed by atoms with Gasteiger partial charge in [-0.3, -0.25) is 4.90 Å². The zero-order chi connectivity index (χ0) is 20.3. The topological polar surface area (TPSA) is 64.5 Å². The minimum absolute atomic E-state index is 0.220. The number of ether oxygens (including phenoxy) is 1. The second kappa shape index (κ2) is 8.20. The number of aromatic nitrogens is 1. The fourth-order valence-corrected chi connectivity index (χ4v) is 4.19. The van der Waals surface area contributed by atoms with Gasteiger partial charge in [-0.25, -0.2) is 4.98 Å². The van der Waals surface area contributed by atoms with Gasteiger partial charge in [-0.1, -0.05) is 30.3 Å². The minimum atomic E-state index is 0.220. The predicted octanol–water partition coefficient (Wildman–Crippen LogP) is 5.12. The lowest BCUT2D eigenvalue weighted by Gasteiger charge is -2.31. The summed E-state index contributed by atoms with van der Waals surface area (Å²) in [5.74, 6) is 2.48. The van der Waals surface area contributed by atoms with Crippen LogP contribution in [0, 0.1) is 0 Å². The van der Waals surface area contributed by atoms with E-state index in [1.165, 1.54) is 0 Å². The molecule has 1 fully saturated rings. The van der Waals surface area contributed by atoms with Crippen LogP contribution in [0.5, 0.6) is 5.75 Å². The van der Waals surface area contributed by atoms with Crippen molar-refractivity contribution in [1.29, 1.82) is 0 Å². The van der Waals surface area contributed by atoms with Gasteiger partial charge in [0.1, 0.15) is 23.4 Å². The van der Waals surface area contributed by atoms with Gasteiger partial charge in [0.25, 0.3) is 0 Å². The number of fused-ring (bicyclic) bond motifs is 1. The van der Waals surface area contributed by atoms with Crippen LogP contribution >= 0.6 is 0 Å². The Balaban J connectivity index is 1.34. The summed E-state index contributed by atoms with van der Waals surface area (Å²) in [4.78, 5) is 6.92. The van der Waals surface area contributed by atoms with Crippen LogP contribution in [-0.4, -0.2) is 29.1 Å². The SMILES string of the molecule is Nc1cccc(-c2ccc(OC3CCN(Cc4ccco4)CC3)c3ccccc23)n1. The minimum Gasteiger partial charge on any atom is -0.490 e. The zero-order valence-corrected chi connectivity index (χ0v) is 16.8. The summed E-state index contributed by atoms with van der Waals surface area (Å²) in [6, 6.07) is 22.2. The molecule has 5 nitrogen and oxygen atoms in total. The Bertz CT molecular complexity index is 1130. The molecule has 2 aromatic heterocycles. The van der Waals surface area contributed by atoms with E-state index in [1.54, 1.807) is 12.3 Å².